The van der Waals surface area contributed by atoms with Crippen LogP contribution in [0.1, 0.15) is 29.3 Å². The van der Waals surface area contributed by atoms with E-state index >= 15 is 0 Å². The van der Waals surface area contributed by atoms with Gasteiger partial charge < -0.3 is 14.2 Å². The van der Waals surface area contributed by atoms with Crippen molar-refractivity contribution in [2.75, 3.05) is 20.8 Å². The molecule has 25 heavy (non-hydrogen) atoms. The smallest absolute Gasteiger partial charge is 0.338 e. The van der Waals surface area contributed by atoms with Crippen molar-refractivity contribution in [3.8, 4) is 16.9 Å². The molecule has 0 atom stereocenters. The number of hydrogen-bond acceptors (Lipinski definition) is 5. The first-order valence-corrected chi connectivity index (χ1v) is 8.11. The van der Waals surface area contributed by atoms with E-state index in [9.17, 15) is 9.59 Å². The van der Waals surface area contributed by atoms with Gasteiger partial charge in [0.1, 0.15) is 5.75 Å². The summed E-state index contributed by atoms with van der Waals surface area (Å²) in [6.07, 6.45) is 0.766. The third-order valence-corrected chi connectivity index (χ3v) is 3.83. The van der Waals surface area contributed by atoms with E-state index in [1.54, 1.807) is 26.2 Å². The predicted molar refractivity (Wildman–Crippen MR) is 94.7 cm³/mol. The number of carbonyl (C=O) groups excluding carboxylic acids is 2. The molecule has 2 aromatic rings. The summed E-state index contributed by atoms with van der Waals surface area (Å²) in [6, 6.07) is 12.9. The zero-order chi connectivity index (χ0) is 18.2. The Bertz CT molecular complexity index is 752. The van der Waals surface area contributed by atoms with E-state index in [4.69, 9.17) is 14.2 Å². The van der Waals surface area contributed by atoms with Crippen molar-refractivity contribution in [2.45, 2.75) is 19.8 Å². The van der Waals surface area contributed by atoms with Crippen molar-refractivity contribution < 1.29 is 23.8 Å². The predicted octanol–water partition coefficient (Wildman–Crippen LogP) is 3.64. The molecular weight excluding hydrogens is 320 g/mol. The topological polar surface area (TPSA) is 61.8 Å². The lowest BCUT2D eigenvalue weighted by Crippen LogP contribution is -2.07. The van der Waals surface area contributed by atoms with Crippen molar-refractivity contribution >= 4 is 11.9 Å². The molecule has 0 spiro atoms. The molecule has 0 fully saturated rings. The minimum atomic E-state index is -0.408. The van der Waals surface area contributed by atoms with Crippen LogP contribution in [0.25, 0.3) is 11.1 Å². The van der Waals surface area contributed by atoms with E-state index in [2.05, 4.69) is 0 Å². The summed E-state index contributed by atoms with van der Waals surface area (Å²) in [5.41, 5.74) is 2.85. The van der Waals surface area contributed by atoms with Gasteiger partial charge >= 0.3 is 11.9 Å². The van der Waals surface area contributed by atoms with Gasteiger partial charge in [0, 0.05) is 12.0 Å². The Labute approximate surface area is 147 Å². The standard InChI is InChI=1S/C20H22O5/c1-4-25-18(21)13-12-14-8-7-11-16(19(14)23-2)15-9-5-6-10-17(15)20(22)24-3/h5-11H,4,12-13H2,1-3H3. The van der Waals surface area contributed by atoms with Gasteiger partial charge in [-0.05, 0) is 30.5 Å². The fourth-order valence-corrected chi connectivity index (χ4v) is 2.71. The molecule has 0 aliphatic heterocycles. The molecule has 5 heteroatoms. The Kier molecular flexibility index (Phi) is 6.57. The van der Waals surface area contributed by atoms with E-state index in [0.29, 0.717) is 24.3 Å². The molecule has 0 saturated heterocycles. The highest BCUT2D eigenvalue weighted by atomic mass is 16.5. The fraction of sp³-hybridized carbons (Fsp3) is 0.300. The second kappa shape index (κ2) is 8.87. The van der Waals surface area contributed by atoms with Gasteiger partial charge in [0.25, 0.3) is 0 Å². The second-order valence-electron chi connectivity index (χ2n) is 5.34. The number of ether oxygens (including phenoxy) is 3. The van der Waals surface area contributed by atoms with Gasteiger partial charge in [-0.15, -0.1) is 0 Å². The number of hydrogen-bond donors (Lipinski definition) is 0. The maximum Gasteiger partial charge on any atom is 0.338 e. The average Bonchev–Trinajstić information content (AvgIpc) is 2.65. The monoisotopic (exact) mass is 342 g/mol. The molecule has 0 amide bonds. The van der Waals surface area contributed by atoms with Gasteiger partial charge in [-0.3, -0.25) is 4.79 Å². The maximum atomic E-state index is 12.1. The first kappa shape index (κ1) is 18.5. The summed E-state index contributed by atoms with van der Waals surface area (Å²) in [5.74, 6) is -0.0114. The van der Waals surface area contributed by atoms with Crippen molar-refractivity contribution in [2.24, 2.45) is 0 Å². The van der Waals surface area contributed by atoms with Crippen molar-refractivity contribution in [1.82, 2.24) is 0 Å². The van der Waals surface area contributed by atoms with E-state index < -0.39 is 5.97 Å². The van der Waals surface area contributed by atoms with Crippen LogP contribution in [0.3, 0.4) is 0 Å². The summed E-state index contributed by atoms with van der Waals surface area (Å²) in [7, 11) is 2.93. The zero-order valence-corrected chi connectivity index (χ0v) is 14.7. The lowest BCUT2D eigenvalue weighted by molar-refractivity contribution is -0.143. The summed E-state index contributed by atoms with van der Waals surface area (Å²) in [4.78, 5) is 23.7. The molecule has 132 valence electrons. The number of rotatable bonds is 7. The minimum absolute atomic E-state index is 0.245. The molecule has 2 rings (SSSR count). The van der Waals surface area contributed by atoms with Crippen LogP contribution in [0.15, 0.2) is 42.5 Å². The Morgan fingerprint density at radius 3 is 2.36 bits per heavy atom. The molecule has 0 aliphatic rings. The molecule has 0 bridgehead atoms. The second-order valence-corrected chi connectivity index (χ2v) is 5.34. The average molecular weight is 342 g/mol. The largest absolute Gasteiger partial charge is 0.496 e. The minimum Gasteiger partial charge on any atom is -0.496 e. The van der Waals surface area contributed by atoms with Crippen LogP contribution in [0.2, 0.25) is 0 Å². The highest BCUT2D eigenvalue weighted by Crippen LogP contribution is 2.35. The van der Waals surface area contributed by atoms with Gasteiger partial charge in [0.05, 0.1) is 26.4 Å². The van der Waals surface area contributed by atoms with Crippen molar-refractivity contribution in [1.29, 1.82) is 0 Å². The van der Waals surface area contributed by atoms with Gasteiger partial charge in [-0.2, -0.15) is 0 Å². The van der Waals surface area contributed by atoms with Crippen LogP contribution in [-0.2, 0) is 20.7 Å². The molecule has 0 aliphatic carbocycles. The van der Waals surface area contributed by atoms with Crippen molar-refractivity contribution in [3.63, 3.8) is 0 Å². The number of benzene rings is 2. The Hall–Kier alpha value is -2.82. The number of aryl methyl sites for hydroxylation is 1. The number of esters is 2. The van der Waals surface area contributed by atoms with E-state index in [-0.39, 0.29) is 12.4 Å². The SMILES string of the molecule is CCOC(=O)CCc1cccc(-c2ccccc2C(=O)OC)c1OC. The quantitative estimate of drug-likeness (QED) is 0.719. The zero-order valence-electron chi connectivity index (χ0n) is 14.7. The first-order valence-electron chi connectivity index (χ1n) is 8.11. The fourth-order valence-electron chi connectivity index (χ4n) is 2.71. The molecule has 2 aromatic carbocycles. The Balaban J connectivity index is 2.42. The van der Waals surface area contributed by atoms with Gasteiger partial charge in [0.2, 0.25) is 0 Å². The molecule has 0 saturated carbocycles. The lowest BCUT2D eigenvalue weighted by atomic mass is 9.95. The third-order valence-electron chi connectivity index (χ3n) is 3.83. The third kappa shape index (κ3) is 4.38. The summed E-state index contributed by atoms with van der Waals surface area (Å²) >= 11 is 0. The number of methoxy groups -OCH3 is 2. The maximum absolute atomic E-state index is 12.1. The highest BCUT2D eigenvalue weighted by molar-refractivity contribution is 5.98. The van der Waals surface area contributed by atoms with E-state index in [1.807, 2.05) is 30.3 Å². The van der Waals surface area contributed by atoms with Crippen LogP contribution >= 0.6 is 0 Å². The van der Waals surface area contributed by atoms with E-state index in [0.717, 1.165) is 16.7 Å². The van der Waals surface area contributed by atoms with Crippen LogP contribution in [0.5, 0.6) is 5.75 Å². The lowest BCUT2D eigenvalue weighted by Gasteiger charge is -2.15. The van der Waals surface area contributed by atoms with Crippen LogP contribution < -0.4 is 4.74 Å². The molecule has 5 nitrogen and oxygen atoms in total. The molecule has 0 N–H and O–H groups in total. The van der Waals surface area contributed by atoms with Crippen LogP contribution in [-0.4, -0.2) is 32.8 Å². The molecule has 0 radical (unpaired) electrons. The summed E-state index contributed by atoms with van der Waals surface area (Å²) in [6.45, 7) is 2.14. The highest BCUT2D eigenvalue weighted by Gasteiger charge is 2.18. The normalized spacial score (nSPS) is 10.2. The van der Waals surface area contributed by atoms with Crippen molar-refractivity contribution in [3.05, 3.63) is 53.6 Å². The summed E-state index contributed by atoms with van der Waals surface area (Å²) in [5, 5.41) is 0. The molecular formula is C20H22O5. The van der Waals surface area contributed by atoms with Gasteiger partial charge in [0.15, 0.2) is 0 Å². The molecule has 0 aromatic heterocycles. The number of para-hydroxylation sites is 1. The Morgan fingerprint density at radius 1 is 0.960 bits per heavy atom. The van der Waals surface area contributed by atoms with Gasteiger partial charge in [-0.25, -0.2) is 4.79 Å². The summed E-state index contributed by atoms with van der Waals surface area (Å²) < 4.78 is 15.4. The van der Waals surface area contributed by atoms with Gasteiger partial charge in [-0.1, -0.05) is 36.4 Å². The van der Waals surface area contributed by atoms with Crippen LogP contribution in [0, 0.1) is 0 Å². The molecule has 0 heterocycles. The first-order chi connectivity index (χ1) is 12.1. The van der Waals surface area contributed by atoms with E-state index in [1.165, 1.54) is 7.11 Å². The Morgan fingerprint density at radius 2 is 1.68 bits per heavy atom. The molecule has 0 unspecified atom stereocenters. The number of carbonyl (C=O) groups is 2. The van der Waals surface area contributed by atoms with Crippen LogP contribution in [0.4, 0.5) is 0 Å².